The Bertz CT molecular complexity index is 2190. The minimum atomic E-state index is -0.823. The number of nitrogens with zero attached hydrogens (tertiary/aromatic N) is 7. The van der Waals surface area contributed by atoms with Crippen LogP contribution in [0.25, 0.3) is 33.9 Å². The molecular formula is C48H65N9O9. The van der Waals surface area contributed by atoms with E-state index in [1.807, 2.05) is 65.3 Å². The van der Waals surface area contributed by atoms with Crippen LogP contribution in [-0.2, 0) is 25.5 Å². The van der Waals surface area contributed by atoms with Crippen molar-refractivity contribution in [1.82, 2.24) is 35.2 Å². The Labute approximate surface area is 387 Å². The van der Waals surface area contributed by atoms with Gasteiger partial charge in [-0.1, -0.05) is 60.7 Å². The lowest BCUT2D eigenvalue weighted by atomic mass is 9.98. The molecule has 0 unspecified atom stereocenters. The molecule has 356 valence electrons. The zero-order valence-electron chi connectivity index (χ0n) is 40.3. The van der Waals surface area contributed by atoms with Gasteiger partial charge in [0, 0.05) is 43.9 Å². The molecule has 1 aromatic heterocycles. The normalized spacial score (nSPS) is 15.3. The summed E-state index contributed by atoms with van der Waals surface area (Å²) in [4.78, 5) is 62.4. The number of aliphatic imine (C=N–C) groups is 2. The summed E-state index contributed by atoms with van der Waals surface area (Å²) >= 11 is 0. The van der Waals surface area contributed by atoms with Gasteiger partial charge in [-0.05, 0) is 118 Å². The second kappa shape index (κ2) is 20.7. The SMILES string of the molecule is CC(C)(C)OC(=O)N=C(NC(=O)OC(C)(C)C)N1CC=C(c2ccc(-c3nnc(-c4ccc(C5=CCN(C(=NC(=O)OC(C)(C)C)NC(=O)OC(C)(C)C)CC5)cc4)n3CCO)cc2)CC1. The fraction of sp³-hybridized carbons (Fsp3) is 0.500. The van der Waals surface area contributed by atoms with Gasteiger partial charge in [0.25, 0.3) is 0 Å². The van der Waals surface area contributed by atoms with Gasteiger partial charge in [-0.3, -0.25) is 10.6 Å². The van der Waals surface area contributed by atoms with Gasteiger partial charge in [0.2, 0.25) is 11.9 Å². The predicted molar refractivity (Wildman–Crippen MR) is 252 cm³/mol. The van der Waals surface area contributed by atoms with E-state index in [9.17, 15) is 24.3 Å². The molecule has 5 rings (SSSR count). The standard InChI is InChI=1S/C48H65N9O9/c1-45(2,3)63-41(59)49-39(50-42(60)64-46(4,5)6)55-25-21-33(22-26-55)31-13-17-35(18-14-31)37-53-54-38(57(37)29-30-58)36-19-15-32(16-20-36)34-23-27-56(28-24-34)40(51-43(61)65-47(7,8)9)52-44(62)66-48(10,11)12/h13-21,23,58H,22,24-30H2,1-12H3,(H,49,50,59,60)(H,51,52,61,62). The Kier molecular flexibility index (Phi) is 15.8. The van der Waals surface area contributed by atoms with Crippen molar-refractivity contribution in [3.8, 4) is 22.8 Å². The third-order valence-corrected chi connectivity index (χ3v) is 9.53. The van der Waals surface area contributed by atoms with Crippen molar-refractivity contribution in [3.05, 3.63) is 71.8 Å². The number of aromatic nitrogens is 3. The fourth-order valence-corrected chi connectivity index (χ4v) is 6.84. The van der Waals surface area contributed by atoms with Gasteiger partial charge in [-0.25, -0.2) is 19.2 Å². The van der Waals surface area contributed by atoms with E-state index in [1.165, 1.54) is 0 Å². The number of carbonyl (C=O) groups is 4. The van der Waals surface area contributed by atoms with E-state index in [0.717, 1.165) is 33.4 Å². The van der Waals surface area contributed by atoms with Crippen molar-refractivity contribution in [2.24, 2.45) is 9.98 Å². The summed E-state index contributed by atoms with van der Waals surface area (Å²) in [5.41, 5.74) is 2.78. The lowest BCUT2D eigenvalue weighted by Gasteiger charge is -2.30. The highest BCUT2D eigenvalue weighted by Crippen LogP contribution is 2.30. The second-order valence-corrected chi connectivity index (χ2v) is 19.8. The molecule has 0 atom stereocenters. The van der Waals surface area contributed by atoms with E-state index in [2.05, 4.69) is 30.8 Å². The molecule has 0 bridgehead atoms. The Hall–Kier alpha value is -6.56. The first-order valence-corrected chi connectivity index (χ1v) is 22.0. The van der Waals surface area contributed by atoms with Gasteiger partial charge in [0.15, 0.2) is 11.6 Å². The van der Waals surface area contributed by atoms with E-state index >= 15 is 0 Å². The van der Waals surface area contributed by atoms with Crippen molar-refractivity contribution < 1.29 is 43.2 Å². The van der Waals surface area contributed by atoms with Crippen molar-refractivity contribution in [2.45, 2.75) is 125 Å². The first-order chi connectivity index (χ1) is 30.8. The van der Waals surface area contributed by atoms with Crippen LogP contribution in [0.4, 0.5) is 19.2 Å². The van der Waals surface area contributed by atoms with Gasteiger partial charge < -0.3 is 38.4 Å². The van der Waals surface area contributed by atoms with Crippen LogP contribution in [0.5, 0.6) is 0 Å². The van der Waals surface area contributed by atoms with Crippen LogP contribution in [0.1, 0.15) is 107 Å². The maximum atomic E-state index is 12.7. The lowest BCUT2D eigenvalue weighted by molar-refractivity contribution is 0.0536. The Morgan fingerprint density at radius 1 is 0.561 bits per heavy atom. The van der Waals surface area contributed by atoms with Crippen molar-refractivity contribution >= 4 is 47.4 Å². The van der Waals surface area contributed by atoms with E-state index < -0.39 is 46.8 Å². The number of rotatable bonds is 6. The summed E-state index contributed by atoms with van der Waals surface area (Å²) in [5, 5.41) is 24.4. The van der Waals surface area contributed by atoms with Gasteiger partial charge >= 0.3 is 24.4 Å². The zero-order chi connectivity index (χ0) is 48.6. The average Bonchev–Trinajstić information content (AvgIpc) is 3.61. The van der Waals surface area contributed by atoms with Crippen molar-refractivity contribution in [2.75, 3.05) is 32.8 Å². The number of aliphatic hydroxyl groups is 1. The summed E-state index contributed by atoms with van der Waals surface area (Å²) in [6.07, 6.45) is 2.15. The Balaban J connectivity index is 1.29. The molecule has 2 aliphatic rings. The third kappa shape index (κ3) is 15.3. The van der Waals surface area contributed by atoms with Gasteiger partial charge in [-0.2, -0.15) is 0 Å². The number of alkyl carbamates (subject to hydrolysis) is 2. The summed E-state index contributed by atoms with van der Waals surface area (Å²) in [6.45, 7) is 22.8. The topological polar surface area (TPSA) is 211 Å². The van der Waals surface area contributed by atoms with Crippen molar-refractivity contribution in [1.29, 1.82) is 0 Å². The molecule has 3 N–H and O–H groups in total. The van der Waals surface area contributed by atoms with E-state index in [-0.39, 0.29) is 25.1 Å². The first-order valence-electron chi connectivity index (χ1n) is 22.0. The molecule has 2 aromatic carbocycles. The van der Waals surface area contributed by atoms with Crippen LogP contribution in [0.15, 0.2) is 70.7 Å². The molecule has 0 spiro atoms. The second-order valence-electron chi connectivity index (χ2n) is 19.8. The maximum absolute atomic E-state index is 12.7. The molecule has 2 aliphatic heterocycles. The smallest absolute Gasteiger partial charge is 0.437 e. The van der Waals surface area contributed by atoms with Crippen LogP contribution >= 0.6 is 0 Å². The largest absolute Gasteiger partial charge is 0.444 e. The van der Waals surface area contributed by atoms with E-state index in [4.69, 9.17) is 18.9 Å². The van der Waals surface area contributed by atoms with Gasteiger partial charge in [0.05, 0.1) is 6.61 Å². The molecule has 0 saturated carbocycles. The molecule has 3 aromatic rings. The highest BCUT2D eigenvalue weighted by molar-refractivity contribution is 6.00. The van der Waals surface area contributed by atoms with E-state index in [1.54, 1.807) is 92.9 Å². The minimum absolute atomic E-state index is 0.0454. The maximum Gasteiger partial charge on any atom is 0.437 e. The van der Waals surface area contributed by atoms with Gasteiger partial charge in [-0.15, -0.1) is 20.2 Å². The molecule has 0 saturated heterocycles. The van der Waals surface area contributed by atoms with Crippen LogP contribution < -0.4 is 10.6 Å². The minimum Gasteiger partial charge on any atom is -0.444 e. The number of carbonyl (C=O) groups excluding carboxylic acids is 4. The summed E-state index contributed by atoms with van der Waals surface area (Å²) in [6, 6.07) is 15.9. The number of aliphatic hydroxyl groups excluding tert-OH is 1. The van der Waals surface area contributed by atoms with Crippen LogP contribution in [0, 0.1) is 0 Å². The van der Waals surface area contributed by atoms with Crippen LogP contribution in [-0.4, -0.2) is 121 Å². The number of amides is 4. The predicted octanol–water partition coefficient (Wildman–Crippen LogP) is 8.41. The number of hydrogen-bond donors (Lipinski definition) is 3. The lowest BCUT2D eigenvalue weighted by Crippen LogP contribution is -2.48. The number of ether oxygens (including phenoxy) is 4. The number of benzene rings is 2. The fourth-order valence-electron chi connectivity index (χ4n) is 6.84. The molecular weight excluding hydrogens is 847 g/mol. The average molecular weight is 912 g/mol. The monoisotopic (exact) mass is 911 g/mol. The molecule has 0 radical (unpaired) electrons. The van der Waals surface area contributed by atoms with Gasteiger partial charge in [0.1, 0.15) is 22.4 Å². The quantitative estimate of drug-likeness (QED) is 0.121. The molecule has 3 heterocycles. The summed E-state index contributed by atoms with van der Waals surface area (Å²) in [7, 11) is 0. The number of guanidine groups is 2. The van der Waals surface area contributed by atoms with Crippen molar-refractivity contribution in [3.63, 3.8) is 0 Å². The molecule has 18 heteroatoms. The number of hydrogen-bond acceptors (Lipinski definition) is 11. The molecule has 4 amide bonds. The third-order valence-electron chi connectivity index (χ3n) is 9.53. The highest BCUT2D eigenvalue weighted by atomic mass is 16.6. The molecule has 18 nitrogen and oxygen atoms in total. The first kappa shape index (κ1) is 50.4. The highest BCUT2D eigenvalue weighted by Gasteiger charge is 2.27. The zero-order valence-corrected chi connectivity index (χ0v) is 40.3. The number of nitrogens with one attached hydrogen (secondary N) is 2. The van der Waals surface area contributed by atoms with Crippen LogP contribution in [0.3, 0.4) is 0 Å². The molecule has 0 fully saturated rings. The molecule has 66 heavy (non-hydrogen) atoms. The molecule has 0 aliphatic carbocycles. The Morgan fingerprint density at radius 3 is 1.18 bits per heavy atom. The van der Waals surface area contributed by atoms with E-state index in [0.29, 0.717) is 50.7 Å². The summed E-state index contributed by atoms with van der Waals surface area (Å²) < 4.78 is 23.5. The van der Waals surface area contributed by atoms with Crippen LogP contribution in [0.2, 0.25) is 0 Å². The Morgan fingerprint density at radius 2 is 0.894 bits per heavy atom. The summed E-state index contributed by atoms with van der Waals surface area (Å²) in [5.74, 6) is 1.30.